The topological polar surface area (TPSA) is 58.4 Å². The van der Waals surface area contributed by atoms with E-state index in [1.807, 2.05) is 80.5 Å². The van der Waals surface area contributed by atoms with Crippen LogP contribution in [0.25, 0.3) is 11.3 Å². The second-order valence-electron chi connectivity index (χ2n) is 6.32. The lowest BCUT2D eigenvalue weighted by molar-refractivity contribution is 0.0953. The highest BCUT2D eigenvalue weighted by Crippen LogP contribution is 2.23. The first-order chi connectivity index (χ1) is 12.5. The van der Waals surface area contributed by atoms with Gasteiger partial charge in [0.25, 0.3) is 5.91 Å². The number of benzene rings is 2. The van der Waals surface area contributed by atoms with E-state index in [2.05, 4.69) is 10.3 Å². The van der Waals surface area contributed by atoms with Crippen molar-refractivity contribution in [3.05, 3.63) is 71.8 Å². The van der Waals surface area contributed by atoms with Gasteiger partial charge in [-0.2, -0.15) is 0 Å². The Balaban J connectivity index is 1.62. The van der Waals surface area contributed by atoms with E-state index in [4.69, 9.17) is 4.42 Å². The Hall–Kier alpha value is -3.08. The predicted molar refractivity (Wildman–Crippen MR) is 103 cm³/mol. The summed E-state index contributed by atoms with van der Waals surface area (Å²) in [5, 5.41) is 2.94. The van der Waals surface area contributed by atoms with E-state index in [1.54, 1.807) is 0 Å². The minimum atomic E-state index is -0.0900. The summed E-state index contributed by atoms with van der Waals surface area (Å²) in [4.78, 5) is 18.8. The van der Waals surface area contributed by atoms with Crippen LogP contribution >= 0.6 is 0 Å². The number of aryl methyl sites for hydroxylation is 1. The average molecular weight is 349 g/mol. The molecule has 5 nitrogen and oxygen atoms in total. The van der Waals surface area contributed by atoms with Crippen LogP contribution in [0.4, 0.5) is 5.69 Å². The molecule has 1 heterocycles. The number of anilines is 1. The maximum Gasteiger partial charge on any atom is 0.251 e. The Bertz CT molecular complexity index is 868. The van der Waals surface area contributed by atoms with Crippen molar-refractivity contribution < 1.29 is 9.21 Å². The molecule has 5 heteroatoms. The Morgan fingerprint density at radius 3 is 2.42 bits per heavy atom. The highest BCUT2D eigenvalue weighted by molar-refractivity contribution is 5.94. The first-order valence-corrected chi connectivity index (χ1v) is 8.62. The number of oxazole rings is 1. The summed E-state index contributed by atoms with van der Waals surface area (Å²) in [6.45, 7) is 2.32. The van der Waals surface area contributed by atoms with Gasteiger partial charge in [0.2, 0.25) is 0 Å². The van der Waals surface area contributed by atoms with Gasteiger partial charge in [-0.25, -0.2) is 4.98 Å². The third-order valence-corrected chi connectivity index (χ3v) is 4.14. The molecule has 0 radical (unpaired) electrons. The highest BCUT2D eigenvalue weighted by atomic mass is 16.4. The third-order valence-electron chi connectivity index (χ3n) is 4.14. The molecular formula is C21H23N3O2. The average Bonchev–Trinajstić information content (AvgIpc) is 3.03. The molecule has 1 aromatic heterocycles. The fraction of sp³-hybridized carbons (Fsp3) is 0.238. The molecule has 0 saturated heterocycles. The Kier molecular flexibility index (Phi) is 5.37. The van der Waals surface area contributed by atoms with Gasteiger partial charge in [-0.1, -0.05) is 30.3 Å². The van der Waals surface area contributed by atoms with E-state index < -0.39 is 0 Å². The van der Waals surface area contributed by atoms with E-state index in [0.29, 0.717) is 24.4 Å². The van der Waals surface area contributed by atoms with Crippen molar-refractivity contribution in [1.82, 2.24) is 10.3 Å². The van der Waals surface area contributed by atoms with Gasteiger partial charge >= 0.3 is 0 Å². The van der Waals surface area contributed by atoms with Crippen LogP contribution in [-0.2, 0) is 6.42 Å². The highest BCUT2D eigenvalue weighted by Gasteiger charge is 2.13. The number of carbonyl (C=O) groups excluding carboxylic acids is 1. The monoisotopic (exact) mass is 349 g/mol. The van der Waals surface area contributed by atoms with Crippen LogP contribution in [-0.4, -0.2) is 31.5 Å². The standard InChI is InChI=1S/C21H23N3O2/c1-15-23-20(16-7-5-4-6-8-16)19(26-15)13-14-22-21(25)17-9-11-18(12-10-17)24(2)3/h4-12H,13-14H2,1-3H3,(H,22,25). The molecule has 0 saturated carbocycles. The lowest BCUT2D eigenvalue weighted by Crippen LogP contribution is -2.25. The molecule has 2 aromatic carbocycles. The Morgan fingerprint density at radius 1 is 1.08 bits per heavy atom. The van der Waals surface area contributed by atoms with Gasteiger partial charge in [0, 0.05) is 50.8 Å². The van der Waals surface area contributed by atoms with Gasteiger partial charge in [0.15, 0.2) is 5.89 Å². The number of hydrogen-bond donors (Lipinski definition) is 1. The van der Waals surface area contributed by atoms with Crippen LogP contribution in [0.5, 0.6) is 0 Å². The van der Waals surface area contributed by atoms with Gasteiger partial charge < -0.3 is 14.6 Å². The van der Waals surface area contributed by atoms with E-state index in [1.165, 1.54) is 0 Å². The van der Waals surface area contributed by atoms with Crippen LogP contribution in [0.3, 0.4) is 0 Å². The molecule has 26 heavy (non-hydrogen) atoms. The smallest absolute Gasteiger partial charge is 0.251 e. The second-order valence-corrected chi connectivity index (χ2v) is 6.32. The molecule has 3 aromatic rings. The molecule has 134 valence electrons. The molecule has 1 amide bonds. The molecule has 1 N–H and O–H groups in total. The summed E-state index contributed by atoms with van der Waals surface area (Å²) in [5.74, 6) is 1.33. The lowest BCUT2D eigenvalue weighted by atomic mass is 10.1. The van der Waals surface area contributed by atoms with Crippen molar-refractivity contribution in [2.75, 3.05) is 25.5 Å². The quantitative estimate of drug-likeness (QED) is 0.737. The molecule has 0 atom stereocenters. The molecular weight excluding hydrogens is 326 g/mol. The zero-order chi connectivity index (χ0) is 18.5. The van der Waals surface area contributed by atoms with Crippen LogP contribution < -0.4 is 10.2 Å². The first-order valence-electron chi connectivity index (χ1n) is 8.62. The minimum absolute atomic E-state index is 0.0900. The number of nitrogens with one attached hydrogen (secondary N) is 1. The summed E-state index contributed by atoms with van der Waals surface area (Å²) in [6, 6.07) is 17.5. The molecule has 0 aliphatic carbocycles. The van der Waals surface area contributed by atoms with Gasteiger partial charge in [0.05, 0.1) is 0 Å². The lowest BCUT2D eigenvalue weighted by Gasteiger charge is -2.12. The normalized spacial score (nSPS) is 10.6. The number of nitrogens with zero attached hydrogens (tertiary/aromatic N) is 2. The van der Waals surface area contributed by atoms with E-state index in [-0.39, 0.29) is 5.91 Å². The Labute approximate surface area is 153 Å². The van der Waals surface area contributed by atoms with Gasteiger partial charge in [-0.3, -0.25) is 4.79 Å². The van der Waals surface area contributed by atoms with Crippen molar-refractivity contribution in [3.63, 3.8) is 0 Å². The van der Waals surface area contributed by atoms with Crippen molar-refractivity contribution in [1.29, 1.82) is 0 Å². The summed E-state index contributed by atoms with van der Waals surface area (Å²) < 4.78 is 5.73. The van der Waals surface area contributed by atoms with Crippen molar-refractivity contribution in [2.24, 2.45) is 0 Å². The van der Waals surface area contributed by atoms with E-state index in [0.717, 1.165) is 22.7 Å². The number of aromatic nitrogens is 1. The van der Waals surface area contributed by atoms with Crippen molar-refractivity contribution in [3.8, 4) is 11.3 Å². The SMILES string of the molecule is Cc1nc(-c2ccccc2)c(CCNC(=O)c2ccc(N(C)C)cc2)o1. The maximum absolute atomic E-state index is 12.3. The minimum Gasteiger partial charge on any atom is -0.445 e. The molecule has 3 rings (SSSR count). The predicted octanol–water partition coefficient (Wildman–Crippen LogP) is 3.69. The molecule has 0 unspecified atom stereocenters. The summed E-state index contributed by atoms with van der Waals surface area (Å²) >= 11 is 0. The van der Waals surface area contributed by atoms with Crippen molar-refractivity contribution in [2.45, 2.75) is 13.3 Å². The van der Waals surface area contributed by atoms with Crippen molar-refractivity contribution >= 4 is 11.6 Å². The Morgan fingerprint density at radius 2 is 1.77 bits per heavy atom. The van der Waals surface area contributed by atoms with Gasteiger partial charge in [-0.05, 0) is 24.3 Å². The fourth-order valence-electron chi connectivity index (χ4n) is 2.76. The molecule has 0 aliphatic rings. The largest absolute Gasteiger partial charge is 0.445 e. The summed E-state index contributed by atoms with van der Waals surface area (Å²) in [5.41, 5.74) is 3.57. The molecule has 0 fully saturated rings. The number of carbonyl (C=O) groups is 1. The van der Waals surface area contributed by atoms with E-state index in [9.17, 15) is 4.79 Å². The van der Waals surface area contributed by atoms with Crippen LogP contribution in [0.1, 0.15) is 22.0 Å². The summed E-state index contributed by atoms with van der Waals surface area (Å²) in [7, 11) is 3.94. The summed E-state index contributed by atoms with van der Waals surface area (Å²) in [6.07, 6.45) is 0.590. The second kappa shape index (κ2) is 7.87. The third kappa shape index (κ3) is 4.11. The van der Waals surface area contributed by atoms with Crippen LogP contribution in [0.15, 0.2) is 59.0 Å². The number of rotatable bonds is 6. The first kappa shape index (κ1) is 17.7. The molecule has 0 spiro atoms. The fourth-order valence-corrected chi connectivity index (χ4v) is 2.76. The van der Waals surface area contributed by atoms with Crippen LogP contribution in [0.2, 0.25) is 0 Å². The zero-order valence-electron chi connectivity index (χ0n) is 15.3. The maximum atomic E-state index is 12.3. The molecule has 0 bridgehead atoms. The van der Waals surface area contributed by atoms with Gasteiger partial charge in [-0.15, -0.1) is 0 Å². The zero-order valence-corrected chi connectivity index (χ0v) is 15.3. The number of hydrogen-bond acceptors (Lipinski definition) is 4. The number of amides is 1. The van der Waals surface area contributed by atoms with Gasteiger partial charge in [0.1, 0.15) is 11.5 Å². The molecule has 0 aliphatic heterocycles. The van der Waals surface area contributed by atoms with E-state index >= 15 is 0 Å². The van der Waals surface area contributed by atoms with Crippen LogP contribution in [0, 0.1) is 6.92 Å².